The number of guanidine groups is 2. The Labute approximate surface area is 290 Å². The second-order valence-corrected chi connectivity index (χ2v) is 12.0. The summed E-state index contributed by atoms with van der Waals surface area (Å²) in [5.41, 5.74) is 18.1. The fraction of sp³-hybridized carbons (Fsp3) is 0.500. The second-order valence-electron chi connectivity index (χ2n) is 12.0. The van der Waals surface area contributed by atoms with Crippen LogP contribution in [0.5, 0.6) is 0 Å². The molecule has 0 bridgehead atoms. The minimum atomic E-state index is -1.08. The van der Waals surface area contributed by atoms with E-state index in [1.165, 1.54) is 11.2 Å². The van der Waals surface area contributed by atoms with Crippen LogP contribution in [0.4, 0.5) is 0 Å². The summed E-state index contributed by atoms with van der Waals surface area (Å²) in [6.07, 6.45) is 7.20. The molecule has 50 heavy (non-hydrogen) atoms. The van der Waals surface area contributed by atoms with Crippen molar-refractivity contribution < 1.29 is 24.0 Å². The van der Waals surface area contributed by atoms with Crippen LogP contribution in [0.1, 0.15) is 49.8 Å². The van der Waals surface area contributed by atoms with E-state index in [4.69, 9.17) is 28.0 Å². The SMILES string of the molecule is N=C(N)NCCC[C@H](NC(=O)[C@@H](N)CCCNC(=N)N)C(=O)N1CCC[C@H]1C(=O)N[C@@H](Cc1ccccc1)C(=O)N[C@H]([C]=O)Cc1c[nH]cn1. The van der Waals surface area contributed by atoms with Gasteiger partial charge < -0.3 is 53.7 Å². The maximum atomic E-state index is 14.0. The number of hydrogen-bond donors (Lipinski definition) is 11. The van der Waals surface area contributed by atoms with Crippen LogP contribution in [0.2, 0.25) is 0 Å². The number of carbonyl (C=O) groups is 4. The third kappa shape index (κ3) is 12.8. The fourth-order valence-corrected chi connectivity index (χ4v) is 5.58. The van der Waals surface area contributed by atoms with Gasteiger partial charge in [0.1, 0.15) is 24.2 Å². The van der Waals surface area contributed by atoms with E-state index in [1.54, 1.807) is 18.3 Å². The summed E-state index contributed by atoms with van der Waals surface area (Å²) in [5.74, 6) is -2.62. The van der Waals surface area contributed by atoms with Gasteiger partial charge in [-0.1, -0.05) is 30.3 Å². The predicted octanol–water partition coefficient (Wildman–Crippen LogP) is -2.40. The lowest BCUT2D eigenvalue weighted by molar-refractivity contribution is -0.142. The van der Waals surface area contributed by atoms with Crippen LogP contribution in [0.25, 0.3) is 0 Å². The number of benzene rings is 1. The molecule has 1 aromatic heterocycles. The first-order valence-corrected chi connectivity index (χ1v) is 16.5. The number of aromatic amines is 1. The van der Waals surface area contributed by atoms with E-state index in [0.29, 0.717) is 37.9 Å². The van der Waals surface area contributed by atoms with Crippen LogP contribution in [0.15, 0.2) is 42.9 Å². The molecule has 18 heteroatoms. The van der Waals surface area contributed by atoms with Crippen LogP contribution in [0.3, 0.4) is 0 Å². The molecule has 1 aliphatic heterocycles. The first-order chi connectivity index (χ1) is 24.0. The smallest absolute Gasteiger partial charge is 0.245 e. The average Bonchev–Trinajstić information content (AvgIpc) is 3.80. The molecular weight excluding hydrogens is 646 g/mol. The van der Waals surface area contributed by atoms with Crippen molar-refractivity contribution in [1.29, 1.82) is 10.8 Å². The largest absolute Gasteiger partial charge is 0.370 e. The molecule has 1 saturated heterocycles. The number of nitrogens with zero attached hydrogens (tertiary/aromatic N) is 2. The van der Waals surface area contributed by atoms with Crippen molar-refractivity contribution in [2.24, 2.45) is 17.2 Å². The highest BCUT2D eigenvalue weighted by molar-refractivity contribution is 5.95. The minimum Gasteiger partial charge on any atom is -0.370 e. The van der Waals surface area contributed by atoms with Crippen LogP contribution < -0.4 is 43.8 Å². The molecule has 4 amide bonds. The zero-order valence-corrected chi connectivity index (χ0v) is 27.9. The fourth-order valence-electron chi connectivity index (χ4n) is 5.58. The van der Waals surface area contributed by atoms with Gasteiger partial charge in [-0.3, -0.25) is 34.8 Å². The molecule has 0 spiro atoms. The molecule has 1 radical (unpaired) electrons. The number of nitrogens with two attached hydrogens (primary N) is 3. The van der Waals surface area contributed by atoms with Crippen LogP contribution in [0, 0.1) is 10.8 Å². The van der Waals surface area contributed by atoms with Crippen molar-refractivity contribution in [2.75, 3.05) is 19.6 Å². The molecular formula is C32H48N13O5. The molecule has 18 nitrogen and oxygen atoms in total. The molecule has 5 atom stereocenters. The Kier molecular flexibility index (Phi) is 15.6. The number of H-pyrrole nitrogens is 1. The molecule has 0 unspecified atom stereocenters. The highest BCUT2D eigenvalue weighted by atomic mass is 16.2. The number of rotatable bonds is 20. The number of aromatic nitrogens is 2. The summed E-state index contributed by atoms with van der Waals surface area (Å²) in [4.78, 5) is 74.3. The summed E-state index contributed by atoms with van der Waals surface area (Å²) >= 11 is 0. The standard InChI is InChI=1S/C32H48N13O5/c33-23(9-4-12-39-31(34)35)27(47)43-24(10-5-13-40-32(36)37)30(50)45-14-6-11-26(45)29(49)44-25(15-20-7-2-1-3-8-20)28(48)42-22(18-46)16-21-17-38-19-41-21/h1-3,7-8,17,19,22-26H,4-6,9-16,33H2,(H,38,41)(H,42,48)(H,43,47)(H,44,49)(H4,34,35,39)(H4,36,37,40)/t22-,23-,24-,25-,26-/m0/s1. The lowest BCUT2D eigenvalue weighted by atomic mass is 10.0. The van der Waals surface area contributed by atoms with Gasteiger partial charge in [-0.15, -0.1) is 0 Å². The molecule has 1 fully saturated rings. The van der Waals surface area contributed by atoms with Crippen molar-refractivity contribution in [2.45, 2.75) is 81.6 Å². The molecule has 271 valence electrons. The Morgan fingerprint density at radius 3 is 2.24 bits per heavy atom. The predicted molar refractivity (Wildman–Crippen MR) is 185 cm³/mol. The summed E-state index contributed by atoms with van der Waals surface area (Å²) in [6, 6.07) is 4.07. The number of carbonyl (C=O) groups excluding carboxylic acids is 5. The number of amides is 4. The van der Waals surface area contributed by atoms with E-state index in [-0.39, 0.29) is 50.7 Å². The highest BCUT2D eigenvalue weighted by Crippen LogP contribution is 2.20. The van der Waals surface area contributed by atoms with Crippen LogP contribution in [-0.4, -0.2) is 107 Å². The van der Waals surface area contributed by atoms with Crippen molar-refractivity contribution in [3.63, 3.8) is 0 Å². The summed E-state index contributed by atoms with van der Waals surface area (Å²) < 4.78 is 0. The van der Waals surface area contributed by atoms with Gasteiger partial charge in [0, 0.05) is 38.7 Å². The Bertz CT molecular complexity index is 1440. The second kappa shape index (κ2) is 20.1. The summed E-state index contributed by atoms with van der Waals surface area (Å²) in [7, 11) is 0. The van der Waals surface area contributed by atoms with Crippen molar-refractivity contribution in [3.8, 4) is 0 Å². The van der Waals surface area contributed by atoms with E-state index in [2.05, 4.69) is 36.6 Å². The lowest BCUT2D eigenvalue weighted by Gasteiger charge is -2.30. The Morgan fingerprint density at radius 2 is 1.62 bits per heavy atom. The van der Waals surface area contributed by atoms with E-state index in [9.17, 15) is 24.0 Å². The zero-order valence-electron chi connectivity index (χ0n) is 27.9. The number of nitrogens with one attached hydrogen (secondary N) is 8. The first-order valence-electron chi connectivity index (χ1n) is 16.5. The molecule has 14 N–H and O–H groups in total. The molecule has 1 aromatic carbocycles. The normalized spacial score (nSPS) is 16.3. The van der Waals surface area contributed by atoms with E-state index in [1.807, 2.05) is 24.5 Å². The molecule has 1 aliphatic rings. The van der Waals surface area contributed by atoms with Gasteiger partial charge in [0.15, 0.2) is 11.9 Å². The van der Waals surface area contributed by atoms with Gasteiger partial charge in [0.2, 0.25) is 29.9 Å². The third-order valence-electron chi connectivity index (χ3n) is 8.12. The van der Waals surface area contributed by atoms with E-state index < -0.39 is 53.8 Å². The van der Waals surface area contributed by atoms with Crippen molar-refractivity contribution in [3.05, 3.63) is 54.1 Å². The number of hydrogen-bond acceptors (Lipinski definition) is 9. The van der Waals surface area contributed by atoms with Gasteiger partial charge >= 0.3 is 0 Å². The Balaban J connectivity index is 1.73. The topological polar surface area (TPSA) is 303 Å². The lowest BCUT2D eigenvalue weighted by Crippen LogP contribution is -2.58. The van der Waals surface area contributed by atoms with Crippen LogP contribution in [-0.2, 0) is 36.8 Å². The Hall–Kier alpha value is -5.52. The van der Waals surface area contributed by atoms with Gasteiger partial charge in [0.25, 0.3) is 0 Å². The number of imidazole rings is 1. The van der Waals surface area contributed by atoms with Gasteiger partial charge in [-0.2, -0.15) is 0 Å². The maximum absolute atomic E-state index is 14.0. The third-order valence-corrected chi connectivity index (χ3v) is 8.12. The molecule has 2 aromatic rings. The van der Waals surface area contributed by atoms with Crippen molar-refractivity contribution >= 4 is 41.8 Å². The summed E-state index contributed by atoms with van der Waals surface area (Å²) in [5, 5.41) is 28.1. The minimum absolute atomic E-state index is 0.101. The molecule has 0 saturated carbocycles. The van der Waals surface area contributed by atoms with Crippen molar-refractivity contribution in [1.82, 2.24) is 41.5 Å². The van der Waals surface area contributed by atoms with E-state index in [0.717, 1.165) is 5.56 Å². The maximum Gasteiger partial charge on any atom is 0.245 e. The monoisotopic (exact) mass is 694 g/mol. The summed E-state index contributed by atoms with van der Waals surface area (Å²) in [6.45, 7) is 0.873. The quantitative estimate of drug-likeness (QED) is 0.0394. The van der Waals surface area contributed by atoms with E-state index >= 15 is 0 Å². The first kappa shape index (κ1) is 38.9. The van der Waals surface area contributed by atoms with Gasteiger partial charge in [0.05, 0.1) is 18.1 Å². The highest BCUT2D eigenvalue weighted by Gasteiger charge is 2.39. The molecule has 3 rings (SSSR count). The van der Waals surface area contributed by atoms with Crippen LogP contribution >= 0.6 is 0 Å². The van der Waals surface area contributed by atoms with Gasteiger partial charge in [-0.05, 0) is 44.1 Å². The average molecular weight is 695 g/mol. The molecule has 0 aliphatic carbocycles. The number of likely N-dealkylation sites (tertiary alicyclic amines) is 1. The Morgan fingerprint density at radius 1 is 0.940 bits per heavy atom. The molecule has 2 heterocycles. The zero-order chi connectivity index (χ0) is 36.5. The van der Waals surface area contributed by atoms with Gasteiger partial charge in [-0.25, -0.2) is 4.98 Å².